The number of nitrogens with one attached hydrogen (secondary N) is 2. The summed E-state index contributed by atoms with van der Waals surface area (Å²) in [6.07, 6.45) is 2.10. The third-order valence-corrected chi connectivity index (χ3v) is 5.43. The van der Waals surface area contributed by atoms with Gasteiger partial charge in [0.1, 0.15) is 23.1 Å². The van der Waals surface area contributed by atoms with E-state index in [1.54, 1.807) is 43.1 Å². The number of halogens is 2. The van der Waals surface area contributed by atoms with Crippen LogP contribution < -0.4 is 10.1 Å². The van der Waals surface area contributed by atoms with Gasteiger partial charge in [0.25, 0.3) is 0 Å². The number of carbonyl (C=O) groups excluding carboxylic acids is 1. The standard InChI is InChI=1S/C26H25F2N3O2S/c1-3-34-23-7-4-18(5-8-23)12-26(32)31-21-6-9-24(30-11-10-17(2)29)25(16-21)33-22-14-19(27)13-20(28)15-22/h4-9,11,13-16,29H,3,10,12H2,1-2H3,(H,31,32). The number of aliphatic imine (C=N–C) groups is 1. The van der Waals surface area contributed by atoms with Crippen LogP contribution in [0.1, 0.15) is 25.8 Å². The van der Waals surface area contributed by atoms with Gasteiger partial charge in [0.2, 0.25) is 5.91 Å². The molecule has 0 atom stereocenters. The second kappa shape index (κ2) is 12.1. The Balaban J connectivity index is 1.78. The van der Waals surface area contributed by atoms with Crippen molar-refractivity contribution in [3.8, 4) is 11.5 Å². The predicted molar refractivity (Wildman–Crippen MR) is 134 cm³/mol. The van der Waals surface area contributed by atoms with Crippen molar-refractivity contribution in [1.29, 1.82) is 5.41 Å². The molecule has 0 bridgehead atoms. The highest BCUT2D eigenvalue weighted by Crippen LogP contribution is 2.35. The maximum absolute atomic E-state index is 13.6. The smallest absolute Gasteiger partial charge is 0.228 e. The molecule has 0 heterocycles. The van der Waals surface area contributed by atoms with Gasteiger partial charge in [-0.15, -0.1) is 11.8 Å². The SMILES string of the molecule is CCSc1ccc(CC(=O)Nc2ccc(N=CCC(C)=N)c(Oc3cc(F)cc(F)c3)c2)cc1. The van der Waals surface area contributed by atoms with Gasteiger partial charge in [0.15, 0.2) is 5.75 Å². The van der Waals surface area contributed by atoms with Crippen LogP contribution in [-0.2, 0) is 11.2 Å². The zero-order valence-electron chi connectivity index (χ0n) is 18.9. The Labute approximate surface area is 201 Å². The van der Waals surface area contributed by atoms with Crippen LogP contribution >= 0.6 is 11.8 Å². The van der Waals surface area contributed by atoms with E-state index in [2.05, 4.69) is 17.2 Å². The lowest BCUT2D eigenvalue weighted by molar-refractivity contribution is -0.115. The van der Waals surface area contributed by atoms with Crippen LogP contribution in [0.15, 0.2) is 70.6 Å². The summed E-state index contributed by atoms with van der Waals surface area (Å²) in [5.74, 6) is -0.602. The van der Waals surface area contributed by atoms with Gasteiger partial charge in [-0.2, -0.15) is 0 Å². The summed E-state index contributed by atoms with van der Waals surface area (Å²) >= 11 is 1.73. The fraction of sp³-hybridized carbons (Fsp3) is 0.192. The average Bonchev–Trinajstić information content (AvgIpc) is 2.76. The lowest BCUT2D eigenvalue weighted by Gasteiger charge is -2.12. The Morgan fingerprint density at radius 1 is 1.09 bits per heavy atom. The molecule has 0 aliphatic carbocycles. The molecule has 8 heteroatoms. The largest absolute Gasteiger partial charge is 0.455 e. The van der Waals surface area contributed by atoms with E-state index in [0.29, 0.717) is 23.5 Å². The molecule has 176 valence electrons. The molecule has 0 saturated carbocycles. The third kappa shape index (κ3) is 7.81. The second-order valence-corrected chi connectivity index (χ2v) is 8.83. The normalized spacial score (nSPS) is 10.9. The van der Waals surface area contributed by atoms with Crippen LogP contribution in [0.4, 0.5) is 20.2 Å². The minimum Gasteiger partial charge on any atom is -0.455 e. The van der Waals surface area contributed by atoms with Crippen molar-refractivity contribution in [2.24, 2.45) is 4.99 Å². The molecule has 0 aromatic heterocycles. The molecule has 1 amide bonds. The minimum atomic E-state index is -0.771. The fourth-order valence-electron chi connectivity index (χ4n) is 3.04. The molecule has 0 radical (unpaired) electrons. The number of thioether (sulfide) groups is 1. The van der Waals surface area contributed by atoms with Crippen molar-refractivity contribution in [2.75, 3.05) is 11.1 Å². The van der Waals surface area contributed by atoms with Gasteiger partial charge in [-0.05, 0) is 42.5 Å². The molecule has 34 heavy (non-hydrogen) atoms. The van der Waals surface area contributed by atoms with E-state index in [1.165, 1.54) is 0 Å². The number of hydrogen-bond donors (Lipinski definition) is 2. The number of carbonyl (C=O) groups is 1. The molecular formula is C26H25F2N3O2S. The lowest BCUT2D eigenvalue weighted by Crippen LogP contribution is -2.14. The molecule has 3 aromatic carbocycles. The van der Waals surface area contributed by atoms with Crippen LogP contribution in [-0.4, -0.2) is 23.6 Å². The van der Waals surface area contributed by atoms with Gasteiger partial charge in [-0.3, -0.25) is 9.79 Å². The van der Waals surface area contributed by atoms with E-state index in [1.807, 2.05) is 24.3 Å². The van der Waals surface area contributed by atoms with E-state index in [0.717, 1.165) is 34.4 Å². The summed E-state index contributed by atoms with van der Waals surface area (Å²) in [5, 5.41) is 10.3. The molecule has 0 aliphatic heterocycles. The summed E-state index contributed by atoms with van der Waals surface area (Å²) in [6.45, 7) is 3.74. The zero-order chi connectivity index (χ0) is 24.5. The molecule has 5 nitrogen and oxygen atoms in total. The first-order valence-corrected chi connectivity index (χ1v) is 11.7. The van der Waals surface area contributed by atoms with Crippen LogP contribution in [0.3, 0.4) is 0 Å². The molecule has 3 rings (SSSR count). The molecule has 0 aliphatic rings. The van der Waals surface area contributed by atoms with Crippen molar-refractivity contribution in [2.45, 2.75) is 31.6 Å². The summed E-state index contributed by atoms with van der Waals surface area (Å²) in [5.41, 5.74) is 2.17. The number of ether oxygens (including phenoxy) is 1. The Morgan fingerprint density at radius 2 is 1.79 bits per heavy atom. The summed E-state index contributed by atoms with van der Waals surface area (Å²) in [6, 6.07) is 15.5. The van der Waals surface area contributed by atoms with Gasteiger partial charge in [0, 0.05) is 53.2 Å². The van der Waals surface area contributed by atoms with E-state index >= 15 is 0 Å². The second-order valence-electron chi connectivity index (χ2n) is 7.49. The first kappa shape index (κ1) is 25.1. The quantitative estimate of drug-likeness (QED) is 0.238. The lowest BCUT2D eigenvalue weighted by atomic mass is 10.1. The summed E-state index contributed by atoms with van der Waals surface area (Å²) in [4.78, 5) is 18.0. The number of anilines is 1. The van der Waals surface area contributed by atoms with Gasteiger partial charge < -0.3 is 15.5 Å². The van der Waals surface area contributed by atoms with Crippen molar-refractivity contribution in [3.05, 3.63) is 77.9 Å². The van der Waals surface area contributed by atoms with E-state index in [-0.39, 0.29) is 23.8 Å². The number of rotatable bonds is 10. The Morgan fingerprint density at radius 3 is 2.44 bits per heavy atom. The Hall–Kier alpha value is -3.52. The summed E-state index contributed by atoms with van der Waals surface area (Å²) < 4.78 is 32.9. The highest BCUT2D eigenvalue weighted by Gasteiger charge is 2.11. The third-order valence-electron chi connectivity index (χ3n) is 4.53. The summed E-state index contributed by atoms with van der Waals surface area (Å²) in [7, 11) is 0. The maximum Gasteiger partial charge on any atom is 0.228 e. The minimum absolute atomic E-state index is 0.0364. The number of nitrogens with zero attached hydrogens (tertiary/aromatic N) is 1. The zero-order valence-corrected chi connectivity index (χ0v) is 19.7. The van der Waals surface area contributed by atoms with Crippen molar-refractivity contribution in [1.82, 2.24) is 0 Å². The molecule has 0 saturated heterocycles. The topological polar surface area (TPSA) is 74.5 Å². The first-order valence-electron chi connectivity index (χ1n) is 10.7. The molecular weight excluding hydrogens is 456 g/mol. The molecule has 0 unspecified atom stereocenters. The molecule has 3 aromatic rings. The van der Waals surface area contributed by atoms with Gasteiger partial charge in [-0.1, -0.05) is 19.1 Å². The van der Waals surface area contributed by atoms with Crippen LogP contribution in [0, 0.1) is 17.0 Å². The van der Waals surface area contributed by atoms with Crippen LogP contribution in [0.25, 0.3) is 0 Å². The van der Waals surface area contributed by atoms with E-state index in [4.69, 9.17) is 10.1 Å². The van der Waals surface area contributed by atoms with Gasteiger partial charge in [-0.25, -0.2) is 8.78 Å². The van der Waals surface area contributed by atoms with E-state index < -0.39 is 11.6 Å². The number of benzene rings is 3. The van der Waals surface area contributed by atoms with Crippen molar-refractivity contribution >= 4 is 41.0 Å². The van der Waals surface area contributed by atoms with Crippen LogP contribution in [0.5, 0.6) is 11.5 Å². The van der Waals surface area contributed by atoms with Gasteiger partial charge in [0.05, 0.1) is 6.42 Å². The highest BCUT2D eigenvalue weighted by atomic mass is 32.2. The Kier molecular flexibility index (Phi) is 8.93. The maximum atomic E-state index is 13.6. The van der Waals surface area contributed by atoms with Gasteiger partial charge >= 0.3 is 0 Å². The number of amides is 1. The number of hydrogen-bond acceptors (Lipinski definition) is 5. The molecule has 0 spiro atoms. The predicted octanol–water partition coefficient (Wildman–Crippen LogP) is 7.18. The van der Waals surface area contributed by atoms with Crippen LogP contribution in [0.2, 0.25) is 0 Å². The monoisotopic (exact) mass is 481 g/mol. The van der Waals surface area contributed by atoms with Crippen molar-refractivity contribution in [3.63, 3.8) is 0 Å². The van der Waals surface area contributed by atoms with Crippen molar-refractivity contribution < 1.29 is 18.3 Å². The average molecular weight is 482 g/mol. The molecule has 0 fully saturated rings. The first-order chi connectivity index (χ1) is 16.3. The Bertz CT molecular complexity index is 1180. The van der Waals surface area contributed by atoms with E-state index in [9.17, 15) is 13.6 Å². The fourth-order valence-corrected chi connectivity index (χ4v) is 3.70. The highest BCUT2D eigenvalue weighted by molar-refractivity contribution is 7.99. The molecule has 2 N–H and O–H groups in total.